The molecule has 3 rings (SSSR count). The maximum atomic E-state index is 8.81. The lowest BCUT2D eigenvalue weighted by Crippen LogP contribution is -1.99. The van der Waals surface area contributed by atoms with Crippen LogP contribution in [0.2, 0.25) is 5.02 Å². The molecule has 0 amide bonds. The Morgan fingerprint density at radius 1 is 1.13 bits per heavy atom. The van der Waals surface area contributed by atoms with Crippen LogP contribution in [0.4, 0.5) is 0 Å². The molecule has 0 fully saturated rings. The number of ether oxygens (including phenoxy) is 1. The number of aryl methyl sites for hydroxylation is 2. The van der Waals surface area contributed by atoms with Gasteiger partial charge < -0.3 is 4.74 Å². The molecular formula is C19H15ClN2O. The van der Waals surface area contributed by atoms with E-state index in [1.165, 1.54) is 0 Å². The second kappa shape index (κ2) is 6.28. The normalized spacial score (nSPS) is 10.5. The highest BCUT2D eigenvalue weighted by Crippen LogP contribution is 2.27. The van der Waals surface area contributed by atoms with Crippen molar-refractivity contribution in [2.75, 3.05) is 0 Å². The predicted molar refractivity (Wildman–Crippen MR) is 91.7 cm³/mol. The second-order valence-corrected chi connectivity index (χ2v) is 5.87. The van der Waals surface area contributed by atoms with Crippen LogP contribution in [-0.4, -0.2) is 4.98 Å². The van der Waals surface area contributed by atoms with Crippen LogP contribution in [0.3, 0.4) is 0 Å². The quantitative estimate of drug-likeness (QED) is 0.685. The first-order valence-electron chi connectivity index (χ1n) is 7.26. The fraction of sp³-hybridized carbons (Fsp3) is 0.158. The molecular weight excluding hydrogens is 308 g/mol. The van der Waals surface area contributed by atoms with Gasteiger partial charge in [0.25, 0.3) is 0 Å². The van der Waals surface area contributed by atoms with Crippen LogP contribution in [0.25, 0.3) is 10.9 Å². The molecule has 0 aliphatic carbocycles. The first-order chi connectivity index (χ1) is 11.1. The SMILES string of the molecule is Cc1cc(Cl)c2cc(C)c(COc3ccc(C#N)cc3)cc2n1. The number of fused-ring (bicyclic) bond motifs is 1. The Labute approximate surface area is 140 Å². The van der Waals surface area contributed by atoms with Crippen LogP contribution in [0.5, 0.6) is 5.75 Å². The molecule has 0 saturated carbocycles. The van der Waals surface area contributed by atoms with E-state index in [1.54, 1.807) is 24.3 Å². The molecule has 0 aliphatic heterocycles. The van der Waals surface area contributed by atoms with Crippen molar-refractivity contribution in [1.29, 1.82) is 5.26 Å². The van der Waals surface area contributed by atoms with Gasteiger partial charge in [-0.15, -0.1) is 0 Å². The van der Waals surface area contributed by atoms with Crippen molar-refractivity contribution in [3.8, 4) is 11.8 Å². The van der Waals surface area contributed by atoms with E-state index in [1.807, 2.05) is 32.0 Å². The summed E-state index contributed by atoms with van der Waals surface area (Å²) in [6, 6.07) is 15.1. The summed E-state index contributed by atoms with van der Waals surface area (Å²) in [4.78, 5) is 4.54. The minimum Gasteiger partial charge on any atom is -0.489 e. The average molecular weight is 323 g/mol. The zero-order valence-electron chi connectivity index (χ0n) is 12.9. The summed E-state index contributed by atoms with van der Waals surface area (Å²) in [5.74, 6) is 0.735. The molecule has 0 N–H and O–H groups in total. The minimum absolute atomic E-state index is 0.445. The molecule has 3 nitrogen and oxygen atoms in total. The van der Waals surface area contributed by atoms with Crippen LogP contribution in [0.15, 0.2) is 42.5 Å². The molecule has 1 aromatic heterocycles. The molecule has 23 heavy (non-hydrogen) atoms. The van der Waals surface area contributed by atoms with Crippen molar-refractivity contribution in [3.63, 3.8) is 0 Å². The van der Waals surface area contributed by atoms with Gasteiger partial charge in [0.05, 0.1) is 22.2 Å². The van der Waals surface area contributed by atoms with Gasteiger partial charge in [-0.3, -0.25) is 4.98 Å². The maximum absolute atomic E-state index is 8.81. The lowest BCUT2D eigenvalue weighted by atomic mass is 10.1. The van der Waals surface area contributed by atoms with Gasteiger partial charge in [0.2, 0.25) is 0 Å². The number of aromatic nitrogens is 1. The lowest BCUT2D eigenvalue weighted by Gasteiger charge is -2.11. The van der Waals surface area contributed by atoms with Crippen molar-refractivity contribution < 1.29 is 4.74 Å². The first-order valence-corrected chi connectivity index (χ1v) is 7.64. The van der Waals surface area contributed by atoms with Crippen molar-refractivity contribution in [2.24, 2.45) is 0 Å². The molecule has 0 unspecified atom stereocenters. The molecule has 0 atom stereocenters. The number of nitriles is 1. The maximum Gasteiger partial charge on any atom is 0.119 e. The number of hydrogen-bond acceptors (Lipinski definition) is 3. The molecule has 114 valence electrons. The highest BCUT2D eigenvalue weighted by molar-refractivity contribution is 6.35. The van der Waals surface area contributed by atoms with Gasteiger partial charge in [0.15, 0.2) is 0 Å². The Bertz CT molecular complexity index is 911. The van der Waals surface area contributed by atoms with Crippen molar-refractivity contribution in [2.45, 2.75) is 20.5 Å². The molecule has 0 bridgehead atoms. The van der Waals surface area contributed by atoms with Gasteiger partial charge in [-0.2, -0.15) is 5.26 Å². The summed E-state index contributed by atoms with van der Waals surface area (Å²) in [5, 5.41) is 10.5. The third kappa shape index (κ3) is 3.28. The summed E-state index contributed by atoms with van der Waals surface area (Å²) < 4.78 is 5.81. The Morgan fingerprint density at radius 2 is 1.87 bits per heavy atom. The van der Waals surface area contributed by atoms with Crippen LogP contribution in [0.1, 0.15) is 22.4 Å². The first kappa shape index (κ1) is 15.3. The van der Waals surface area contributed by atoms with Crippen molar-refractivity contribution >= 4 is 22.5 Å². The lowest BCUT2D eigenvalue weighted by molar-refractivity contribution is 0.305. The van der Waals surface area contributed by atoms with E-state index in [0.717, 1.165) is 38.5 Å². The third-order valence-electron chi connectivity index (χ3n) is 3.72. The number of halogens is 1. The van der Waals surface area contributed by atoms with E-state index in [2.05, 4.69) is 11.1 Å². The smallest absolute Gasteiger partial charge is 0.119 e. The fourth-order valence-electron chi connectivity index (χ4n) is 2.45. The van der Waals surface area contributed by atoms with Gasteiger partial charge in [0.1, 0.15) is 12.4 Å². The van der Waals surface area contributed by atoms with Gasteiger partial charge >= 0.3 is 0 Å². The van der Waals surface area contributed by atoms with E-state index < -0.39 is 0 Å². The Morgan fingerprint density at radius 3 is 2.57 bits per heavy atom. The summed E-state index contributed by atoms with van der Waals surface area (Å²) in [7, 11) is 0. The fourth-order valence-corrected chi connectivity index (χ4v) is 2.76. The molecule has 1 heterocycles. The largest absolute Gasteiger partial charge is 0.489 e. The van der Waals surface area contributed by atoms with Gasteiger partial charge in [0, 0.05) is 11.1 Å². The number of rotatable bonds is 3. The molecule has 0 spiro atoms. The third-order valence-corrected chi connectivity index (χ3v) is 4.03. The average Bonchev–Trinajstić information content (AvgIpc) is 2.54. The van der Waals surface area contributed by atoms with Gasteiger partial charge in [-0.1, -0.05) is 11.6 Å². The summed E-state index contributed by atoms with van der Waals surface area (Å²) >= 11 is 6.29. The number of pyridine rings is 1. The van der Waals surface area contributed by atoms with E-state index in [4.69, 9.17) is 21.6 Å². The summed E-state index contributed by atoms with van der Waals surface area (Å²) in [5.41, 5.74) is 4.56. The van der Waals surface area contributed by atoms with E-state index >= 15 is 0 Å². The van der Waals surface area contributed by atoms with Crippen LogP contribution >= 0.6 is 11.6 Å². The van der Waals surface area contributed by atoms with E-state index in [0.29, 0.717) is 12.2 Å². The number of benzene rings is 2. The molecule has 3 aromatic rings. The van der Waals surface area contributed by atoms with E-state index in [9.17, 15) is 0 Å². The van der Waals surface area contributed by atoms with Crippen LogP contribution < -0.4 is 4.74 Å². The molecule has 0 radical (unpaired) electrons. The Hall–Kier alpha value is -2.57. The van der Waals surface area contributed by atoms with Crippen LogP contribution in [0, 0.1) is 25.2 Å². The van der Waals surface area contributed by atoms with Crippen molar-refractivity contribution in [1.82, 2.24) is 4.98 Å². The van der Waals surface area contributed by atoms with Gasteiger partial charge in [-0.25, -0.2) is 0 Å². The standard InChI is InChI=1S/C19H15ClN2O/c1-12-7-17-18(20)8-13(2)22-19(17)9-15(12)11-23-16-5-3-14(10-21)4-6-16/h3-9H,11H2,1-2H3. The monoisotopic (exact) mass is 322 g/mol. The number of hydrogen-bond donors (Lipinski definition) is 0. The Balaban J connectivity index is 1.87. The molecule has 2 aromatic carbocycles. The minimum atomic E-state index is 0.445. The second-order valence-electron chi connectivity index (χ2n) is 5.47. The zero-order chi connectivity index (χ0) is 16.4. The van der Waals surface area contributed by atoms with E-state index in [-0.39, 0.29) is 0 Å². The molecule has 0 aliphatic rings. The zero-order valence-corrected chi connectivity index (χ0v) is 13.7. The Kier molecular flexibility index (Phi) is 4.18. The van der Waals surface area contributed by atoms with Crippen LogP contribution in [-0.2, 0) is 6.61 Å². The predicted octanol–water partition coefficient (Wildman–Crippen LogP) is 4.96. The number of nitrogens with zero attached hydrogens (tertiary/aromatic N) is 2. The molecule has 0 saturated heterocycles. The highest BCUT2D eigenvalue weighted by atomic mass is 35.5. The van der Waals surface area contributed by atoms with Crippen molar-refractivity contribution in [3.05, 3.63) is 69.9 Å². The topological polar surface area (TPSA) is 45.9 Å². The highest BCUT2D eigenvalue weighted by Gasteiger charge is 2.07. The summed E-state index contributed by atoms with van der Waals surface area (Å²) in [6.07, 6.45) is 0. The van der Waals surface area contributed by atoms with Gasteiger partial charge in [-0.05, 0) is 67.4 Å². The summed E-state index contributed by atoms with van der Waals surface area (Å²) in [6.45, 7) is 4.41. The molecule has 4 heteroatoms.